The highest BCUT2D eigenvalue weighted by atomic mass is 16.7. The van der Waals surface area contributed by atoms with Gasteiger partial charge in [-0.3, -0.25) is 14.6 Å². The number of carbonyl (C=O) groups excluding carboxylic acids is 2. The molecule has 4 rings (SSSR count). The molecule has 2 aliphatic rings. The third-order valence-corrected chi connectivity index (χ3v) is 4.65. The number of carbonyl (C=O) groups is 2. The van der Waals surface area contributed by atoms with Gasteiger partial charge in [-0.2, -0.15) is 0 Å². The molecule has 2 N–H and O–H groups in total. The number of ether oxygens (including phenoxy) is 2. The summed E-state index contributed by atoms with van der Waals surface area (Å²) in [5.41, 5.74) is 6.00. The first kappa shape index (κ1) is 16.3. The zero-order chi connectivity index (χ0) is 18.1. The van der Waals surface area contributed by atoms with Crippen LogP contribution in [0.1, 0.15) is 33.7 Å². The van der Waals surface area contributed by atoms with Crippen molar-refractivity contribution in [3.05, 3.63) is 41.9 Å². The minimum atomic E-state index is -0.621. The van der Waals surface area contributed by atoms with Crippen molar-refractivity contribution in [3.63, 3.8) is 0 Å². The highest BCUT2D eigenvalue weighted by Gasteiger charge is 2.28. The van der Waals surface area contributed by atoms with Crippen molar-refractivity contribution < 1.29 is 19.1 Å². The first-order chi connectivity index (χ1) is 12.6. The number of nitrogens with two attached hydrogens (primary N) is 1. The minimum absolute atomic E-state index is 0.0621. The van der Waals surface area contributed by atoms with Crippen LogP contribution in [0.15, 0.2) is 30.6 Å². The molecule has 0 aliphatic carbocycles. The quantitative estimate of drug-likeness (QED) is 0.827. The second-order valence-electron chi connectivity index (χ2n) is 6.34. The molecule has 1 saturated heterocycles. The minimum Gasteiger partial charge on any atom is -0.454 e. The molecule has 0 bridgehead atoms. The topological polar surface area (TPSA) is 108 Å². The summed E-state index contributed by atoms with van der Waals surface area (Å²) in [7, 11) is 0. The van der Waals surface area contributed by atoms with Gasteiger partial charge in [0.15, 0.2) is 17.3 Å². The van der Waals surface area contributed by atoms with Crippen LogP contribution in [0.25, 0.3) is 0 Å². The van der Waals surface area contributed by atoms with Crippen LogP contribution in [0.5, 0.6) is 11.5 Å². The number of amides is 1. The Bertz CT molecular complexity index is 870. The SMILES string of the molecule is NC(=O)c1cncc(N2CCC[C@H](C(=O)c3ccc4c(c3)OCO4)C2)n1. The summed E-state index contributed by atoms with van der Waals surface area (Å²) in [5.74, 6) is 1.10. The van der Waals surface area contributed by atoms with Crippen molar-refractivity contribution >= 4 is 17.5 Å². The lowest BCUT2D eigenvalue weighted by Crippen LogP contribution is -2.39. The number of aromatic nitrogens is 2. The van der Waals surface area contributed by atoms with E-state index in [4.69, 9.17) is 15.2 Å². The van der Waals surface area contributed by atoms with Crippen LogP contribution in [0.3, 0.4) is 0 Å². The highest BCUT2D eigenvalue weighted by molar-refractivity contribution is 5.99. The maximum atomic E-state index is 12.9. The van der Waals surface area contributed by atoms with Crippen molar-refractivity contribution in [1.29, 1.82) is 0 Å². The lowest BCUT2D eigenvalue weighted by molar-refractivity contribution is 0.0905. The Morgan fingerprint density at radius 1 is 1.19 bits per heavy atom. The second-order valence-corrected chi connectivity index (χ2v) is 6.34. The maximum absolute atomic E-state index is 12.9. The Morgan fingerprint density at radius 3 is 2.88 bits per heavy atom. The second kappa shape index (κ2) is 6.62. The van der Waals surface area contributed by atoms with Gasteiger partial charge in [0, 0.05) is 24.6 Å². The fraction of sp³-hybridized carbons (Fsp3) is 0.333. The third kappa shape index (κ3) is 3.05. The summed E-state index contributed by atoms with van der Waals surface area (Å²) in [6.07, 6.45) is 4.57. The summed E-state index contributed by atoms with van der Waals surface area (Å²) in [6, 6.07) is 5.26. The number of nitrogens with zero attached hydrogens (tertiary/aromatic N) is 3. The van der Waals surface area contributed by atoms with Gasteiger partial charge in [0.1, 0.15) is 11.5 Å². The first-order valence-corrected chi connectivity index (χ1v) is 8.42. The molecule has 26 heavy (non-hydrogen) atoms. The molecular weight excluding hydrogens is 336 g/mol. The molecule has 0 spiro atoms. The summed E-state index contributed by atoms with van der Waals surface area (Å²) in [4.78, 5) is 34.5. The molecule has 0 unspecified atom stereocenters. The number of anilines is 1. The number of benzene rings is 1. The van der Waals surface area contributed by atoms with Gasteiger partial charge in [-0.25, -0.2) is 4.98 Å². The summed E-state index contributed by atoms with van der Waals surface area (Å²) in [5, 5.41) is 0. The molecule has 2 aromatic rings. The Labute approximate surface area is 149 Å². The Morgan fingerprint density at radius 2 is 2.04 bits per heavy atom. The van der Waals surface area contributed by atoms with E-state index in [-0.39, 0.29) is 24.2 Å². The van der Waals surface area contributed by atoms with E-state index in [1.54, 1.807) is 24.4 Å². The molecule has 0 saturated carbocycles. The number of ketones is 1. The van der Waals surface area contributed by atoms with Crippen molar-refractivity contribution in [3.8, 4) is 11.5 Å². The van der Waals surface area contributed by atoms with E-state index in [0.717, 1.165) is 19.4 Å². The first-order valence-electron chi connectivity index (χ1n) is 8.42. The molecule has 2 aliphatic heterocycles. The van der Waals surface area contributed by atoms with Crippen LogP contribution in [0.4, 0.5) is 5.82 Å². The standard InChI is InChI=1S/C18H18N4O4/c19-18(24)13-7-20-8-16(21-13)22-5-1-2-12(9-22)17(23)11-3-4-14-15(6-11)26-10-25-14/h3-4,6-8,12H,1-2,5,9-10H2,(H2,19,24)/t12-/m0/s1. The average molecular weight is 354 g/mol. The smallest absolute Gasteiger partial charge is 0.268 e. The number of Topliss-reactive ketones (excluding diaryl/α,β-unsaturated/α-hetero) is 1. The fourth-order valence-corrected chi connectivity index (χ4v) is 3.31. The van der Waals surface area contributed by atoms with E-state index in [0.29, 0.717) is 29.4 Å². The van der Waals surface area contributed by atoms with Crippen LogP contribution in [-0.4, -0.2) is 41.5 Å². The van der Waals surface area contributed by atoms with Gasteiger partial charge in [0.2, 0.25) is 6.79 Å². The Kier molecular flexibility index (Phi) is 4.16. The molecule has 8 heteroatoms. The molecule has 8 nitrogen and oxygen atoms in total. The van der Waals surface area contributed by atoms with Crippen LogP contribution in [-0.2, 0) is 0 Å². The lowest BCUT2D eigenvalue weighted by Gasteiger charge is -2.32. The number of piperidine rings is 1. The van der Waals surface area contributed by atoms with Gasteiger partial charge in [0.25, 0.3) is 5.91 Å². The van der Waals surface area contributed by atoms with Gasteiger partial charge in [-0.15, -0.1) is 0 Å². The maximum Gasteiger partial charge on any atom is 0.268 e. The van der Waals surface area contributed by atoms with Gasteiger partial charge in [-0.1, -0.05) is 0 Å². The van der Waals surface area contributed by atoms with Crippen molar-refractivity contribution in [2.75, 3.05) is 24.8 Å². The molecule has 1 amide bonds. The monoisotopic (exact) mass is 354 g/mol. The molecular formula is C18H18N4O4. The van der Waals surface area contributed by atoms with E-state index < -0.39 is 5.91 Å². The van der Waals surface area contributed by atoms with Gasteiger partial charge in [0.05, 0.1) is 12.4 Å². The third-order valence-electron chi connectivity index (χ3n) is 4.65. The van der Waals surface area contributed by atoms with E-state index >= 15 is 0 Å². The number of fused-ring (bicyclic) bond motifs is 1. The van der Waals surface area contributed by atoms with Crippen LogP contribution in [0, 0.1) is 5.92 Å². The molecule has 134 valence electrons. The molecule has 1 aromatic carbocycles. The Hall–Kier alpha value is -3.16. The largest absolute Gasteiger partial charge is 0.454 e. The zero-order valence-corrected chi connectivity index (χ0v) is 14.1. The van der Waals surface area contributed by atoms with E-state index in [9.17, 15) is 9.59 Å². The summed E-state index contributed by atoms with van der Waals surface area (Å²) < 4.78 is 10.6. The summed E-state index contributed by atoms with van der Waals surface area (Å²) >= 11 is 0. The van der Waals surface area contributed by atoms with E-state index in [2.05, 4.69) is 9.97 Å². The predicted octanol–water partition coefficient (Wildman–Crippen LogP) is 1.40. The van der Waals surface area contributed by atoms with Crippen LogP contribution >= 0.6 is 0 Å². The van der Waals surface area contributed by atoms with Crippen LogP contribution < -0.4 is 20.1 Å². The molecule has 1 atom stereocenters. The Balaban J connectivity index is 1.52. The molecule has 1 fully saturated rings. The van der Waals surface area contributed by atoms with E-state index in [1.165, 1.54) is 6.20 Å². The number of primary amides is 1. The fourth-order valence-electron chi connectivity index (χ4n) is 3.31. The van der Waals surface area contributed by atoms with Gasteiger partial charge in [-0.05, 0) is 31.0 Å². The highest BCUT2D eigenvalue weighted by Crippen LogP contribution is 2.34. The molecule has 0 radical (unpaired) electrons. The predicted molar refractivity (Wildman–Crippen MR) is 92.4 cm³/mol. The van der Waals surface area contributed by atoms with Crippen LogP contribution in [0.2, 0.25) is 0 Å². The average Bonchev–Trinajstić information content (AvgIpc) is 3.15. The number of hydrogen-bond acceptors (Lipinski definition) is 7. The van der Waals surface area contributed by atoms with Gasteiger partial charge < -0.3 is 20.1 Å². The molecule has 1 aromatic heterocycles. The van der Waals surface area contributed by atoms with Crippen molar-refractivity contribution in [1.82, 2.24) is 9.97 Å². The lowest BCUT2D eigenvalue weighted by atomic mass is 9.90. The summed E-state index contributed by atoms with van der Waals surface area (Å²) in [6.45, 7) is 1.45. The van der Waals surface area contributed by atoms with Crippen molar-refractivity contribution in [2.45, 2.75) is 12.8 Å². The van der Waals surface area contributed by atoms with Gasteiger partial charge >= 0.3 is 0 Å². The normalized spacial score (nSPS) is 18.6. The van der Waals surface area contributed by atoms with E-state index in [1.807, 2.05) is 4.90 Å². The van der Waals surface area contributed by atoms with Crippen molar-refractivity contribution in [2.24, 2.45) is 11.7 Å². The number of rotatable bonds is 4. The number of hydrogen-bond donors (Lipinski definition) is 1. The molecule has 3 heterocycles. The zero-order valence-electron chi connectivity index (χ0n) is 14.1.